The Labute approximate surface area is 139 Å². The van der Waals surface area contributed by atoms with Gasteiger partial charge in [-0.3, -0.25) is 4.79 Å². The molecule has 3 rings (SSSR count). The molecule has 0 spiro atoms. The molecule has 0 N–H and O–H groups in total. The van der Waals surface area contributed by atoms with Crippen LogP contribution in [0, 0.1) is 0 Å². The second-order valence-corrected chi connectivity index (χ2v) is 6.95. The molecule has 0 aliphatic carbocycles. The van der Waals surface area contributed by atoms with Gasteiger partial charge in [-0.05, 0) is 29.1 Å². The van der Waals surface area contributed by atoms with Gasteiger partial charge in [0.25, 0.3) is 5.91 Å². The number of amides is 1. The Morgan fingerprint density at radius 1 is 1.22 bits per heavy atom. The maximum Gasteiger partial charge on any atom is 0.573 e. The summed E-state index contributed by atoms with van der Waals surface area (Å²) < 4.78 is 40.4. The lowest BCUT2D eigenvalue weighted by Gasteiger charge is -2.23. The summed E-state index contributed by atoms with van der Waals surface area (Å²) in [4.78, 5) is 14.9. The minimum atomic E-state index is -4.70. The highest BCUT2D eigenvalue weighted by Gasteiger charge is 2.33. The highest BCUT2D eigenvalue weighted by atomic mass is 32.2. The number of hydrogen-bond donors (Lipinski definition) is 0. The highest BCUT2D eigenvalue weighted by molar-refractivity contribution is 7.99. The van der Waals surface area contributed by atoms with Crippen LogP contribution < -0.4 is 4.74 Å². The second-order valence-electron chi connectivity index (χ2n) is 4.82. The Morgan fingerprint density at radius 3 is 2.57 bits per heavy atom. The molecule has 122 valence electrons. The van der Waals surface area contributed by atoms with Crippen molar-refractivity contribution >= 4 is 29.0 Å². The van der Waals surface area contributed by atoms with Gasteiger partial charge in [-0.25, -0.2) is 0 Å². The van der Waals surface area contributed by atoms with Gasteiger partial charge in [0.1, 0.15) is 11.1 Å². The molecule has 1 fully saturated rings. The third kappa shape index (κ3) is 3.81. The standard InChI is InChI=1S/C15H12F3NO2S2/c16-15(17,18)21-11-5-3-10(4-6-11)14-19(7-9-23-14)13(20)12-2-1-8-22-12/h1-6,8,14H,7,9H2/t14-/m0/s1. The number of thiophene rings is 1. The number of benzene rings is 1. The van der Waals surface area contributed by atoms with Crippen LogP contribution in [0.2, 0.25) is 0 Å². The van der Waals surface area contributed by atoms with Crippen molar-refractivity contribution in [1.29, 1.82) is 0 Å². The van der Waals surface area contributed by atoms with Crippen LogP contribution in [-0.4, -0.2) is 29.5 Å². The molecule has 0 unspecified atom stereocenters. The molecule has 2 aromatic rings. The minimum absolute atomic E-state index is 0.0504. The molecule has 2 heterocycles. The Hall–Kier alpha value is -1.67. The average molecular weight is 359 g/mol. The van der Waals surface area contributed by atoms with Gasteiger partial charge in [0.15, 0.2) is 0 Å². The lowest BCUT2D eigenvalue weighted by Crippen LogP contribution is -2.29. The number of ether oxygens (including phenoxy) is 1. The van der Waals surface area contributed by atoms with E-state index in [4.69, 9.17) is 0 Å². The van der Waals surface area contributed by atoms with Crippen molar-refractivity contribution in [3.8, 4) is 5.75 Å². The van der Waals surface area contributed by atoms with Crippen LogP contribution >= 0.6 is 23.1 Å². The van der Waals surface area contributed by atoms with Crippen molar-refractivity contribution in [2.75, 3.05) is 12.3 Å². The molecule has 8 heteroatoms. The summed E-state index contributed by atoms with van der Waals surface area (Å²) in [5.41, 5.74) is 0.784. The summed E-state index contributed by atoms with van der Waals surface area (Å²) in [6, 6.07) is 9.27. The van der Waals surface area contributed by atoms with Crippen molar-refractivity contribution in [3.05, 3.63) is 52.2 Å². The number of thioether (sulfide) groups is 1. The summed E-state index contributed by atoms with van der Waals surface area (Å²) >= 11 is 2.97. The van der Waals surface area contributed by atoms with Crippen LogP contribution in [0.5, 0.6) is 5.75 Å². The van der Waals surface area contributed by atoms with Crippen LogP contribution in [0.25, 0.3) is 0 Å². The lowest BCUT2D eigenvalue weighted by molar-refractivity contribution is -0.274. The first-order valence-corrected chi connectivity index (χ1v) is 8.69. The second kappa shape index (κ2) is 6.45. The van der Waals surface area contributed by atoms with E-state index in [-0.39, 0.29) is 17.0 Å². The first-order valence-electron chi connectivity index (χ1n) is 6.76. The highest BCUT2D eigenvalue weighted by Crippen LogP contribution is 2.39. The Kier molecular flexibility index (Phi) is 4.54. The summed E-state index contributed by atoms with van der Waals surface area (Å²) in [5.74, 6) is 0.480. The zero-order chi connectivity index (χ0) is 16.4. The summed E-state index contributed by atoms with van der Waals surface area (Å²) in [7, 11) is 0. The lowest BCUT2D eigenvalue weighted by atomic mass is 10.2. The average Bonchev–Trinajstić information content (AvgIpc) is 3.17. The Balaban J connectivity index is 1.76. The Bertz CT molecular complexity index is 671. The van der Waals surface area contributed by atoms with Crippen molar-refractivity contribution in [2.24, 2.45) is 0 Å². The van der Waals surface area contributed by atoms with E-state index in [1.165, 1.54) is 23.5 Å². The molecule has 1 amide bonds. The largest absolute Gasteiger partial charge is 0.573 e. The molecule has 1 saturated heterocycles. The van der Waals surface area contributed by atoms with Gasteiger partial charge < -0.3 is 9.64 Å². The number of nitrogens with zero attached hydrogens (tertiary/aromatic N) is 1. The number of halogens is 3. The molecule has 0 radical (unpaired) electrons. The van der Waals surface area contributed by atoms with Crippen molar-refractivity contribution in [2.45, 2.75) is 11.7 Å². The third-order valence-electron chi connectivity index (χ3n) is 3.28. The molecule has 23 heavy (non-hydrogen) atoms. The van der Waals surface area contributed by atoms with Crippen LogP contribution in [0.3, 0.4) is 0 Å². The van der Waals surface area contributed by atoms with Crippen LogP contribution in [0.4, 0.5) is 13.2 Å². The van der Waals surface area contributed by atoms with E-state index < -0.39 is 6.36 Å². The van der Waals surface area contributed by atoms with E-state index >= 15 is 0 Å². The summed E-state index contributed by atoms with van der Waals surface area (Å²) in [5, 5.41) is 1.65. The van der Waals surface area contributed by atoms with E-state index in [1.54, 1.807) is 34.9 Å². The number of carbonyl (C=O) groups is 1. The minimum Gasteiger partial charge on any atom is -0.406 e. The quantitative estimate of drug-likeness (QED) is 0.806. The fraction of sp³-hybridized carbons (Fsp3) is 0.267. The van der Waals surface area contributed by atoms with Crippen LogP contribution in [0.15, 0.2) is 41.8 Å². The molecular formula is C15H12F3NO2S2. The maximum atomic E-state index is 12.5. The smallest absolute Gasteiger partial charge is 0.406 e. The molecular weight excluding hydrogens is 347 g/mol. The molecule has 1 aromatic heterocycles. The number of carbonyl (C=O) groups excluding carboxylic acids is 1. The van der Waals surface area contributed by atoms with Crippen molar-refractivity contribution in [3.63, 3.8) is 0 Å². The normalized spacial score (nSPS) is 18.2. The van der Waals surface area contributed by atoms with E-state index in [0.29, 0.717) is 11.4 Å². The van der Waals surface area contributed by atoms with E-state index in [1.807, 2.05) is 11.4 Å². The zero-order valence-electron chi connectivity index (χ0n) is 11.7. The van der Waals surface area contributed by atoms with Crippen molar-refractivity contribution in [1.82, 2.24) is 4.90 Å². The van der Waals surface area contributed by atoms with Gasteiger partial charge in [0, 0.05) is 12.3 Å². The topological polar surface area (TPSA) is 29.5 Å². The summed E-state index contributed by atoms with van der Waals surface area (Å²) in [6.07, 6.45) is -4.70. The van der Waals surface area contributed by atoms with Gasteiger partial charge in [-0.2, -0.15) is 0 Å². The van der Waals surface area contributed by atoms with E-state index in [9.17, 15) is 18.0 Å². The van der Waals surface area contributed by atoms with Crippen molar-refractivity contribution < 1.29 is 22.7 Å². The van der Waals surface area contributed by atoms with Gasteiger partial charge in [0.2, 0.25) is 0 Å². The third-order valence-corrected chi connectivity index (χ3v) is 5.40. The van der Waals surface area contributed by atoms with E-state index in [2.05, 4.69) is 4.74 Å². The fourth-order valence-corrected chi connectivity index (χ4v) is 4.27. The molecule has 0 saturated carbocycles. The number of rotatable bonds is 3. The van der Waals surface area contributed by atoms with E-state index in [0.717, 1.165) is 11.3 Å². The molecule has 1 aliphatic heterocycles. The van der Waals surface area contributed by atoms with Crippen LogP contribution in [0.1, 0.15) is 20.6 Å². The van der Waals surface area contributed by atoms with Gasteiger partial charge in [0.05, 0.1) is 4.88 Å². The Morgan fingerprint density at radius 2 is 1.96 bits per heavy atom. The molecule has 1 atom stereocenters. The van der Waals surface area contributed by atoms with Crippen LogP contribution in [-0.2, 0) is 0 Å². The van der Waals surface area contributed by atoms with Gasteiger partial charge in [-0.15, -0.1) is 36.3 Å². The maximum absolute atomic E-state index is 12.5. The zero-order valence-corrected chi connectivity index (χ0v) is 13.4. The number of alkyl halides is 3. The molecule has 1 aromatic carbocycles. The monoisotopic (exact) mass is 359 g/mol. The molecule has 0 bridgehead atoms. The first-order chi connectivity index (χ1) is 10.9. The van der Waals surface area contributed by atoms with Gasteiger partial charge in [-0.1, -0.05) is 18.2 Å². The molecule has 3 nitrogen and oxygen atoms in total. The summed E-state index contributed by atoms with van der Waals surface area (Å²) in [6.45, 7) is 0.618. The predicted octanol–water partition coefficient (Wildman–Crippen LogP) is 4.53. The predicted molar refractivity (Wildman–Crippen MR) is 83.7 cm³/mol. The molecule has 1 aliphatic rings. The first kappa shape index (κ1) is 16.2. The fourth-order valence-electron chi connectivity index (χ4n) is 2.33. The van der Waals surface area contributed by atoms with Gasteiger partial charge >= 0.3 is 6.36 Å². The number of hydrogen-bond acceptors (Lipinski definition) is 4. The SMILES string of the molecule is O=C(c1cccs1)N1CCS[C@H]1c1ccc(OC(F)(F)F)cc1.